The van der Waals surface area contributed by atoms with E-state index < -0.39 is 11.6 Å². The summed E-state index contributed by atoms with van der Waals surface area (Å²) in [6.45, 7) is 2.08. The van der Waals surface area contributed by atoms with Crippen molar-refractivity contribution in [3.05, 3.63) is 29.3 Å². The molecule has 1 heterocycles. The number of piperidine rings is 1. The summed E-state index contributed by atoms with van der Waals surface area (Å²) in [4.78, 5) is 2.64. The van der Waals surface area contributed by atoms with Crippen molar-refractivity contribution in [2.24, 2.45) is 11.8 Å². The van der Waals surface area contributed by atoms with Crippen molar-refractivity contribution >= 4 is 0 Å². The van der Waals surface area contributed by atoms with Crippen molar-refractivity contribution in [1.82, 2.24) is 4.90 Å². The summed E-state index contributed by atoms with van der Waals surface area (Å²) in [6, 6.07) is 3.13. The van der Waals surface area contributed by atoms with Crippen LogP contribution in [0, 0.1) is 23.5 Å². The lowest BCUT2D eigenvalue weighted by Gasteiger charge is -2.40. The van der Waals surface area contributed by atoms with Gasteiger partial charge in [0, 0.05) is 17.7 Å². The van der Waals surface area contributed by atoms with Gasteiger partial charge in [0.15, 0.2) is 11.6 Å². The Morgan fingerprint density at radius 3 is 2.43 bits per heavy atom. The SMILES string of the molecule is COc1c(F)cc(F)cc1C1CCN([C@H]2C[C@H]3CCC2C3)CC1. The van der Waals surface area contributed by atoms with Gasteiger partial charge in [0.25, 0.3) is 0 Å². The molecule has 1 aliphatic heterocycles. The van der Waals surface area contributed by atoms with Gasteiger partial charge in [-0.05, 0) is 69.0 Å². The average Bonchev–Trinajstić information content (AvgIpc) is 3.17. The summed E-state index contributed by atoms with van der Waals surface area (Å²) in [5.74, 6) is 1.19. The van der Waals surface area contributed by atoms with Crippen LogP contribution in [0.15, 0.2) is 12.1 Å². The molecule has 2 saturated carbocycles. The van der Waals surface area contributed by atoms with Gasteiger partial charge in [-0.2, -0.15) is 0 Å². The second kappa shape index (κ2) is 6.04. The lowest BCUT2D eigenvalue weighted by Crippen LogP contribution is -2.43. The monoisotopic (exact) mass is 321 g/mol. The van der Waals surface area contributed by atoms with Gasteiger partial charge in [-0.1, -0.05) is 6.42 Å². The molecule has 2 aliphatic carbocycles. The van der Waals surface area contributed by atoms with E-state index in [4.69, 9.17) is 4.74 Å². The largest absolute Gasteiger partial charge is 0.493 e. The van der Waals surface area contributed by atoms with Crippen molar-refractivity contribution in [1.29, 1.82) is 0 Å². The number of halogens is 2. The molecule has 1 aromatic rings. The van der Waals surface area contributed by atoms with Crippen LogP contribution in [0.25, 0.3) is 0 Å². The van der Waals surface area contributed by atoms with E-state index in [1.165, 1.54) is 38.9 Å². The van der Waals surface area contributed by atoms with E-state index in [9.17, 15) is 8.78 Å². The van der Waals surface area contributed by atoms with Gasteiger partial charge in [0.1, 0.15) is 5.82 Å². The first-order chi connectivity index (χ1) is 11.2. The van der Waals surface area contributed by atoms with Gasteiger partial charge in [-0.25, -0.2) is 8.78 Å². The third-order valence-electron chi connectivity index (χ3n) is 6.38. The number of methoxy groups -OCH3 is 1. The smallest absolute Gasteiger partial charge is 0.168 e. The van der Waals surface area contributed by atoms with E-state index in [2.05, 4.69) is 4.90 Å². The van der Waals surface area contributed by atoms with Gasteiger partial charge < -0.3 is 9.64 Å². The van der Waals surface area contributed by atoms with Crippen LogP contribution < -0.4 is 4.74 Å². The van der Waals surface area contributed by atoms with E-state index >= 15 is 0 Å². The summed E-state index contributed by atoms with van der Waals surface area (Å²) in [6.07, 6.45) is 7.55. The second-order valence-electron chi connectivity index (χ2n) is 7.56. The van der Waals surface area contributed by atoms with E-state index in [-0.39, 0.29) is 11.7 Å². The fourth-order valence-corrected chi connectivity index (χ4v) is 5.30. The van der Waals surface area contributed by atoms with Gasteiger partial charge >= 0.3 is 0 Å². The first-order valence-corrected chi connectivity index (χ1v) is 8.92. The Morgan fingerprint density at radius 1 is 1.04 bits per heavy atom. The fraction of sp³-hybridized carbons (Fsp3) is 0.684. The van der Waals surface area contributed by atoms with Crippen molar-refractivity contribution < 1.29 is 13.5 Å². The van der Waals surface area contributed by atoms with Gasteiger partial charge in [0.2, 0.25) is 0 Å². The molecule has 1 unspecified atom stereocenters. The predicted octanol–water partition coefficient (Wildman–Crippen LogP) is 4.34. The molecule has 23 heavy (non-hydrogen) atoms. The molecule has 0 amide bonds. The first kappa shape index (κ1) is 15.4. The third-order valence-corrected chi connectivity index (χ3v) is 6.38. The summed E-state index contributed by atoms with van der Waals surface area (Å²) in [7, 11) is 1.46. The molecule has 0 aromatic heterocycles. The van der Waals surface area contributed by atoms with Crippen LogP contribution in [-0.2, 0) is 0 Å². The quantitative estimate of drug-likeness (QED) is 0.821. The van der Waals surface area contributed by atoms with Crippen LogP contribution in [-0.4, -0.2) is 31.1 Å². The van der Waals surface area contributed by atoms with Crippen LogP contribution in [0.4, 0.5) is 8.78 Å². The van der Waals surface area contributed by atoms with Crippen molar-refractivity contribution in [3.8, 4) is 5.75 Å². The maximum absolute atomic E-state index is 13.9. The number of rotatable bonds is 3. The Kier molecular flexibility index (Phi) is 4.04. The first-order valence-electron chi connectivity index (χ1n) is 8.92. The number of hydrogen-bond donors (Lipinski definition) is 0. The maximum Gasteiger partial charge on any atom is 0.168 e. The molecule has 4 heteroatoms. The Hall–Kier alpha value is -1.16. The Bertz CT molecular complexity index is 583. The van der Waals surface area contributed by atoms with Crippen LogP contribution in [0.2, 0.25) is 0 Å². The molecule has 3 atom stereocenters. The van der Waals surface area contributed by atoms with Crippen molar-refractivity contribution in [2.45, 2.75) is 50.5 Å². The number of ether oxygens (including phenoxy) is 1. The molecule has 2 nitrogen and oxygen atoms in total. The normalized spacial score (nSPS) is 31.7. The molecule has 0 N–H and O–H groups in total. The van der Waals surface area contributed by atoms with Crippen molar-refractivity contribution in [2.75, 3.05) is 20.2 Å². The molecule has 4 rings (SSSR count). The summed E-state index contributed by atoms with van der Waals surface area (Å²) >= 11 is 0. The molecule has 126 valence electrons. The molecule has 0 spiro atoms. The molecular weight excluding hydrogens is 296 g/mol. The highest BCUT2D eigenvalue weighted by molar-refractivity contribution is 5.38. The summed E-state index contributed by atoms with van der Waals surface area (Å²) in [5, 5.41) is 0. The highest BCUT2D eigenvalue weighted by Gasteiger charge is 2.43. The zero-order valence-electron chi connectivity index (χ0n) is 13.7. The Labute approximate surface area is 136 Å². The number of hydrogen-bond acceptors (Lipinski definition) is 2. The van der Waals surface area contributed by atoms with Crippen LogP contribution >= 0.6 is 0 Å². The minimum atomic E-state index is -0.585. The topological polar surface area (TPSA) is 12.5 Å². The van der Waals surface area contributed by atoms with Crippen LogP contribution in [0.3, 0.4) is 0 Å². The van der Waals surface area contributed by atoms with E-state index in [1.807, 2.05) is 0 Å². The second-order valence-corrected chi connectivity index (χ2v) is 7.56. The highest BCUT2D eigenvalue weighted by Crippen LogP contribution is 2.48. The molecular formula is C19H25F2NO. The predicted molar refractivity (Wildman–Crippen MR) is 85.7 cm³/mol. The standard InChI is InChI=1S/C19H25F2NO/c1-23-19-16(10-15(20)11-17(19)21)13-4-6-22(7-5-13)18-9-12-2-3-14(18)8-12/h10-14,18H,2-9H2,1H3/t12-,14?,18-/m0/s1. The lowest BCUT2D eigenvalue weighted by atomic mass is 9.86. The van der Waals surface area contributed by atoms with Gasteiger partial charge in [0.05, 0.1) is 7.11 Å². The number of likely N-dealkylation sites (tertiary alicyclic amines) is 1. The Morgan fingerprint density at radius 2 is 1.83 bits per heavy atom. The van der Waals surface area contributed by atoms with E-state index in [1.54, 1.807) is 0 Å². The molecule has 3 fully saturated rings. The molecule has 2 bridgehead atoms. The van der Waals surface area contributed by atoms with Crippen LogP contribution in [0.5, 0.6) is 5.75 Å². The van der Waals surface area contributed by atoms with Crippen molar-refractivity contribution in [3.63, 3.8) is 0 Å². The third kappa shape index (κ3) is 2.75. The summed E-state index contributed by atoms with van der Waals surface area (Å²) in [5.41, 5.74) is 0.706. The molecule has 3 aliphatic rings. The number of benzene rings is 1. The maximum atomic E-state index is 13.9. The number of fused-ring (bicyclic) bond motifs is 2. The van der Waals surface area contributed by atoms with E-state index in [0.717, 1.165) is 49.9 Å². The van der Waals surface area contributed by atoms with Crippen LogP contribution in [0.1, 0.15) is 50.0 Å². The molecule has 1 aromatic carbocycles. The van der Waals surface area contributed by atoms with Gasteiger partial charge in [-0.3, -0.25) is 0 Å². The zero-order chi connectivity index (χ0) is 16.0. The van der Waals surface area contributed by atoms with Gasteiger partial charge in [-0.15, -0.1) is 0 Å². The fourth-order valence-electron chi connectivity index (χ4n) is 5.30. The highest BCUT2D eigenvalue weighted by atomic mass is 19.1. The number of nitrogens with zero attached hydrogens (tertiary/aromatic N) is 1. The average molecular weight is 321 g/mol. The lowest BCUT2D eigenvalue weighted by molar-refractivity contribution is 0.110. The zero-order valence-corrected chi connectivity index (χ0v) is 13.7. The minimum absolute atomic E-state index is 0.199. The molecule has 0 radical (unpaired) electrons. The molecule has 1 saturated heterocycles. The summed E-state index contributed by atoms with van der Waals surface area (Å²) < 4.78 is 32.7. The Balaban J connectivity index is 1.46. The minimum Gasteiger partial charge on any atom is -0.493 e. The van der Waals surface area contributed by atoms with E-state index in [0.29, 0.717) is 5.56 Å².